The fourth-order valence-electron chi connectivity index (χ4n) is 0.828. The molecule has 0 aromatic rings. The molecule has 0 saturated heterocycles. The molecular weight excluding hydrogens is 200 g/mol. The van der Waals surface area contributed by atoms with Gasteiger partial charge in [-0.2, -0.15) is 0 Å². The first-order chi connectivity index (χ1) is 7.61. The van der Waals surface area contributed by atoms with Crippen molar-refractivity contribution in [1.29, 1.82) is 0 Å². The molecule has 0 atom stereocenters. The highest BCUT2D eigenvalue weighted by Crippen LogP contribution is 1.97. The summed E-state index contributed by atoms with van der Waals surface area (Å²) in [6.07, 6.45) is 10.8. The van der Waals surface area contributed by atoms with Crippen LogP contribution in [0.3, 0.4) is 0 Å². The predicted molar refractivity (Wildman–Crippen MR) is 68.3 cm³/mol. The number of Topliss-reactive ketones (excluding diaryl/α,β-unsaturated/α-hetero) is 1. The molecule has 0 aliphatic rings. The summed E-state index contributed by atoms with van der Waals surface area (Å²) in [5, 5.41) is 0. The number of hydrogen-bond donors (Lipinski definition) is 0. The fraction of sp³-hybridized carbons (Fsp3) is 0.214. The zero-order chi connectivity index (χ0) is 12.4. The number of hydrogen-bond acceptors (Lipinski definition) is 2. The Bertz CT molecular complexity index is 344. The van der Waals surface area contributed by atoms with Crippen LogP contribution in [0.2, 0.25) is 0 Å². The third-order valence-electron chi connectivity index (χ3n) is 1.83. The third-order valence-corrected chi connectivity index (χ3v) is 1.83. The van der Waals surface area contributed by atoms with Gasteiger partial charge in [0.25, 0.3) is 0 Å². The lowest BCUT2D eigenvalue weighted by Crippen LogP contribution is -2.06. The van der Waals surface area contributed by atoms with Crippen molar-refractivity contribution in [2.24, 2.45) is 0 Å². The number of carbonyl (C=O) groups is 1. The van der Waals surface area contributed by atoms with Gasteiger partial charge in [0.2, 0.25) is 0 Å². The third kappa shape index (κ3) is 6.74. The number of ketones is 1. The monoisotopic (exact) mass is 218 g/mol. The highest BCUT2D eigenvalue weighted by Gasteiger charge is 2.01. The number of rotatable bonds is 7. The minimum atomic E-state index is -0.107. The van der Waals surface area contributed by atoms with E-state index in [1.54, 1.807) is 18.2 Å². The average Bonchev–Trinajstić information content (AvgIpc) is 2.28. The lowest BCUT2D eigenvalue weighted by Gasteiger charge is -1.96. The summed E-state index contributed by atoms with van der Waals surface area (Å²) in [6, 6.07) is 0. The Kier molecular flexibility index (Phi) is 7.72. The first-order valence-electron chi connectivity index (χ1n) is 4.97. The summed E-state index contributed by atoms with van der Waals surface area (Å²) in [4.78, 5) is 11.2. The molecule has 0 fully saturated rings. The van der Waals surface area contributed by atoms with E-state index >= 15 is 0 Å². The van der Waals surface area contributed by atoms with Gasteiger partial charge >= 0.3 is 0 Å². The highest BCUT2D eigenvalue weighted by atomic mass is 16.5. The van der Waals surface area contributed by atoms with Crippen LogP contribution in [0.4, 0.5) is 0 Å². The lowest BCUT2D eigenvalue weighted by molar-refractivity contribution is -0.118. The van der Waals surface area contributed by atoms with Crippen molar-refractivity contribution >= 4 is 5.78 Å². The maximum atomic E-state index is 11.2. The second kappa shape index (κ2) is 8.62. The van der Waals surface area contributed by atoms with Gasteiger partial charge in [-0.3, -0.25) is 4.79 Å². The Hall–Kier alpha value is -1.67. The van der Waals surface area contributed by atoms with Crippen LogP contribution in [0.1, 0.15) is 6.92 Å². The minimum Gasteiger partial charge on any atom is -0.377 e. The second-order valence-electron chi connectivity index (χ2n) is 3.24. The molecule has 2 heteroatoms. The van der Waals surface area contributed by atoms with Gasteiger partial charge < -0.3 is 4.74 Å². The molecule has 0 aromatic heterocycles. The molecule has 0 unspecified atom stereocenters. The molecule has 0 N–H and O–H groups in total. The summed E-state index contributed by atoms with van der Waals surface area (Å²) in [7, 11) is 1.48. The molecule has 0 saturated carbocycles. The van der Waals surface area contributed by atoms with Crippen molar-refractivity contribution in [3.8, 4) is 0 Å². The molecule has 0 radical (unpaired) electrons. The SMILES string of the molecule is C=C/C(C)=C/C=C\C=C\C(=C)C(=O)COC. The summed E-state index contributed by atoms with van der Waals surface area (Å²) in [5.41, 5.74) is 1.52. The Morgan fingerprint density at radius 1 is 1.31 bits per heavy atom. The van der Waals surface area contributed by atoms with E-state index in [2.05, 4.69) is 13.2 Å². The van der Waals surface area contributed by atoms with Gasteiger partial charge in [-0.1, -0.05) is 55.2 Å². The van der Waals surface area contributed by atoms with E-state index < -0.39 is 0 Å². The molecule has 0 spiro atoms. The number of ether oxygens (including phenoxy) is 1. The van der Waals surface area contributed by atoms with Crippen LogP contribution in [0.25, 0.3) is 0 Å². The van der Waals surface area contributed by atoms with Crippen LogP contribution < -0.4 is 0 Å². The van der Waals surface area contributed by atoms with Crippen LogP contribution in [0.5, 0.6) is 0 Å². The maximum Gasteiger partial charge on any atom is 0.187 e. The maximum absolute atomic E-state index is 11.2. The molecule has 2 nitrogen and oxygen atoms in total. The molecule has 0 bridgehead atoms. The molecule has 0 aliphatic heterocycles. The van der Waals surface area contributed by atoms with Gasteiger partial charge in [0, 0.05) is 12.7 Å². The topological polar surface area (TPSA) is 26.3 Å². The van der Waals surface area contributed by atoms with Gasteiger partial charge in [-0.25, -0.2) is 0 Å². The zero-order valence-corrected chi connectivity index (χ0v) is 9.90. The molecule has 0 heterocycles. The molecule has 0 aromatic carbocycles. The van der Waals surface area contributed by atoms with E-state index in [1.165, 1.54) is 7.11 Å². The predicted octanol–water partition coefficient (Wildman–Crippen LogP) is 3.00. The first-order valence-corrected chi connectivity index (χ1v) is 4.97. The van der Waals surface area contributed by atoms with Crippen LogP contribution in [-0.2, 0) is 9.53 Å². The van der Waals surface area contributed by atoms with Crippen LogP contribution in [0.15, 0.2) is 60.8 Å². The highest BCUT2D eigenvalue weighted by molar-refractivity contribution is 5.98. The molecule has 0 amide bonds. The van der Waals surface area contributed by atoms with Gasteiger partial charge in [0.05, 0.1) is 0 Å². The quantitative estimate of drug-likeness (QED) is 0.485. The van der Waals surface area contributed by atoms with Gasteiger partial charge in [0.1, 0.15) is 6.61 Å². The summed E-state index contributed by atoms with van der Waals surface area (Å²) in [6.45, 7) is 9.31. The minimum absolute atomic E-state index is 0.0718. The van der Waals surface area contributed by atoms with Crippen molar-refractivity contribution in [2.45, 2.75) is 6.92 Å². The van der Waals surface area contributed by atoms with Crippen molar-refractivity contribution in [3.63, 3.8) is 0 Å². The Labute approximate surface area is 97.3 Å². The largest absolute Gasteiger partial charge is 0.377 e. The average molecular weight is 218 g/mol. The zero-order valence-electron chi connectivity index (χ0n) is 9.90. The summed E-state index contributed by atoms with van der Waals surface area (Å²) in [5.74, 6) is -0.107. The fourth-order valence-corrected chi connectivity index (χ4v) is 0.828. The number of methoxy groups -OCH3 is 1. The van der Waals surface area contributed by atoms with Crippen molar-refractivity contribution in [2.75, 3.05) is 13.7 Å². The van der Waals surface area contributed by atoms with Crippen molar-refractivity contribution in [3.05, 3.63) is 60.8 Å². The van der Waals surface area contributed by atoms with E-state index in [0.717, 1.165) is 5.57 Å². The summed E-state index contributed by atoms with van der Waals surface area (Å²) < 4.78 is 4.72. The standard InChI is InChI=1S/C14H18O2/c1-5-12(2)9-7-6-8-10-13(3)14(15)11-16-4/h5-10H,1,3,11H2,2,4H3/b7-6-,10-8+,12-9+. The Morgan fingerprint density at radius 3 is 2.56 bits per heavy atom. The van der Waals surface area contributed by atoms with Gasteiger partial charge in [-0.15, -0.1) is 0 Å². The van der Waals surface area contributed by atoms with E-state index in [9.17, 15) is 4.79 Å². The smallest absolute Gasteiger partial charge is 0.187 e. The lowest BCUT2D eigenvalue weighted by atomic mass is 10.2. The van der Waals surface area contributed by atoms with E-state index in [-0.39, 0.29) is 12.4 Å². The Morgan fingerprint density at radius 2 is 2.00 bits per heavy atom. The first kappa shape index (κ1) is 14.3. The van der Waals surface area contributed by atoms with E-state index in [1.807, 2.05) is 25.2 Å². The van der Waals surface area contributed by atoms with Crippen LogP contribution in [0, 0.1) is 0 Å². The number of carbonyl (C=O) groups excluding carboxylic acids is 1. The van der Waals surface area contributed by atoms with Gasteiger partial charge in [-0.05, 0) is 6.92 Å². The van der Waals surface area contributed by atoms with E-state index in [4.69, 9.17) is 4.74 Å². The second-order valence-corrected chi connectivity index (χ2v) is 3.24. The normalized spacial score (nSPS) is 12.2. The molecule has 86 valence electrons. The van der Waals surface area contributed by atoms with Gasteiger partial charge in [0.15, 0.2) is 5.78 Å². The molecule has 16 heavy (non-hydrogen) atoms. The molecule has 0 aliphatic carbocycles. The number of allylic oxidation sites excluding steroid dienone is 7. The van der Waals surface area contributed by atoms with Crippen LogP contribution >= 0.6 is 0 Å². The molecular formula is C14H18O2. The van der Waals surface area contributed by atoms with E-state index in [0.29, 0.717) is 5.57 Å². The van der Waals surface area contributed by atoms with Crippen LogP contribution in [-0.4, -0.2) is 19.5 Å². The van der Waals surface area contributed by atoms with Crippen molar-refractivity contribution < 1.29 is 9.53 Å². The molecule has 0 rings (SSSR count). The Balaban J connectivity index is 4.15. The van der Waals surface area contributed by atoms with Crippen molar-refractivity contribution in [1.82, 2.24) is 0 Å². The summed E-state index contributed by atoms with van der Waals surface area (Å²) >= 11 is 0.